The molecule has 4 N–H and O–H groups in total. The molecule has 13 nitrogen and oxygen atoms in total. The first-order valence-electron chi connectivity index (χ1n) is 17.5. The summed E-state index contributed by atoms with van der Waals surface area (Å²) in [5.41, 5.74) is 2.03. The summed E-state index contributed by atoms with van der Waals surface area (Å²) in [5, 5.41) is 18.3. The monoisotopic (exact) mass is 846 g/mol. The normalized spacial score (nSPS) is 17.7. The lowest BCUT2D eigenvalue weighted by atomic mass is 9.78. The highest BCUT2D eigenvalue weighted by molar-refractivity contribution is 14.1. The number of alkyl carbamates (subject to hydrolysis) is 1. The topological polar surface area (TPSA) is 178 Å². The fourth-order valence-electron chi connectivity index (χ4n) is 6.33. The van der Waals surface area contributed by atoms with Gasteiger partial charge in [0.1, 0.15) is 24.2 Å². The molecule has 278 valence electrons. The van der Waals surface area contributed by atoms with E-state index in [0.717, 1.165) is 31.3 Å². The van der Waals surface area contributed by atoms with E-state index in [4.69, 9.17) is 25.5 Å². The van der Waals surface area contributed by atoms with Crippen LogP contribution in [0.5, 0.6) is 0 Å². The van der Waals surface area contributed by atoms with Gasteiger partial charge in [-0.05, 0) is 77.5 Å². The largest absolute Gasteiger partial charge is 0.459 e. The highest BCUT2D eigenvalue weighted by atomic mass is 127. The van der Waals surface area contributed by atoms with Crippen molar-refractivity contribution in [3.63, 3.8) is 0 Å². The summed E-state index contributed by atoms with van der Waals surface area (Å²) < 4.78 is 17.1. The second-order valence-electron chi connectivity index (χ2n) is 13.2. The number of esters is 1. The fraction of sp³-hybridized carbons (Fsp3) is 0.459. The predicted octanol–water partition coefficient (Wildman–Crippen LogP) is 6.57. The maximum Gasteiger partial charge on any atom is 0.408 e. The van der Waals surface area contributed by atoms with Crippen LogP contribution < -0.4 is 16.0 Å². The lowest BCUT2D eigenvalue weighted by Gasteiger charge is -2.39. The third-order valence-electron chi connectivity index (χ3n) is 9.74. The zero-order valence-electron chi connectivity index (χ0n) is 29.8. The van der Waals surface area contributed by atoms with Gasteiger partial charge >= 0.3 is 18.0 Å². The minimum Gasteiger partial charge on any atom is -0.459 e. The standard InChI is InChI=1S/C37H44ClIN6O7/c1-6-20(4)28(42-36(49)51-19-22-12-10-9-11-13-22)31(46)43-37(15-14-27-25(18-37)24-16-23(38)17-26(39)30(24)40-27)35(48)41-29(21(5)7-2)32-44-45-33(52-32)34(47)50-8-3/h9-13,16-17,20-21,28-29,40H,6-8,14-15,18-19H2,1-5H3,(H,41,48)(H,42,49)(H,43,46)/t20?,21?,28-,29-,37-/m0/s1. The van der Waals surface area contributed by atoms with Gasteiger partial charge in [0.05, 0.1) is 12.1 Å². The van der Waals surface area contributed by atoms with E-state index in [9.17, 15) is 19.2 Å². The Labute approximate surface area is 320 Å². The quantitative estimate of drug-likeness (QED) is 0.0807. The van der Waals surface area contributed by atoms with Crippen molar-refractivity contribution in [2.24, 2.45) is 11.8 Å². The molecule has 4 aromatic rings. The number of fused-ring (bicyclic) bond motifs is 3. The van der Waals surface area contributed by atoms with Crippen LogP contribution in [0.1, 0.15) is 93.3 Å². The van der Waals surface area contributed by atoms with E-state index >= 15 is 0 Å². The first-order chi connectivity index (χ1) is 24.9. The number of aromatic amines is 1. The van der Waals surface area contributed by atoms with Gasteiger partial charge in [0, 0.05) is 26.1 Å². The molecule has 0 saturated carbocycles. The van der Waals surface area contributed by atoms with Gasteiger partial charge in [-0.2, -0.15) is 0 Å². The number of aromatic nitrogens is 3. The summed E-state index contributed by atoms with van der Waals surface area (Å²) in [7, 11) is 0. The number of nitrogens with zero attached hydrogens (tertiary/aromatic N) is 2. The van der Waals surface area contributed by atoms with Crippen molar-refractivity contribution in [2.45, 2.75) is 91.0 Å². The van der Waals surface area contributed by atoms with Gasteiger partial charge in [0.15, 0.2) is 0 Å². The van der Waals surface area contributed by atoms with Gasteiger partial charge in [0.2, 0.25) is 17.7 Å². The summed E-state index contributed by atoms with van der Waals surface area (Å²) in [6.07, 6.45) is 1.25. The van der Waals surface area contributed by atoms with Crippen LogP contribution >= 0.6 is 34.2 Å². The number of carbonyl (C=O) groups excluding carboxylic acids is 4. The van der Waals surface area contributed by atoms with E-state index in [1.54, 1.807) is 6.92 Å². The summed E-state index contributed by atoms with van der Waals surface area (Å²) in [6, 6.07) is 11.1. The SMILES string of the molecule is CCOC(=O)c1nnc([C@@H](NC(=O)[C@]2(NC(=O)[C@@H](NC(=O)OCc3ccccc3)C(C)CC)CCc3[nH]c4c(I)cc(Cl)cc4c3C2)C(C)CC)o1. The van der Waals surface area contributed by atoms with E-state index in [2.05, 4.69) is 53.7 Å². The van der Waals surface area contributed by atoms with Crippen molar-refractivity contribution in [3.05, 3.63) is 79.7 Å². The second kappa shape index (κ2) is 17.1. The Bertz CT molecular complexity index is 1920. The number of halogens is 2. The number of nitrogens with one attached hydrogen (secondary N) is 4. The molecule has 2 aromatic carbocycles. The van der Waals surface area contributed by atoms with Gasteiger partial charge in [-0.1, -0.05) is 82.5 Å². The van der Waals surface area contributed by atoms with Gasteiger partial charge in [0.25, 0.3) is 0 Å². The summed E-state index contributed by atoms with van der Waals surface area (Å²) in [6.45, 7) is 9.46. The first-order valence-corrected chi connectivity index (χ1v) is 18.9. The van der Waals surface area contributed by atoms with E-state index in [1.807, 2.05) is 70.2 Å². The molecule has 0 saturated heterocycles. The number of carbonyl (C=O) groups is 4. The van der Waals surface area contributed by atoms with Crippen LogP contribution in [0.4, 0.5) is 4.79 Å². The molecule has 2 aromatic heterocycles. The Kier molecular flexibility index (Phi) is 12.8. The molecule has 5 atom stereocenters. The zero-order valence-corrected chi connectivity index (χ0v) is 32.7. The summed E-state index contributed by atoms with van der Waals surface area (Å²) in [5.74, 6) is -2.56. The third-order valence-corrected chi connectivity index (χ3v) is 10.8. The number of hydrogen-bond donors (Lipinski definition) is 4. The molecule has 0 aliphatic heterocycles. The number of H-pyrrole nitrogens is 1. The molecule has 52 heavy (non-hydrogen) atoms. The lowest BCUT2D eigenvalue weighted by Crippen LogP contribution is -2.65. The van der Waals surface area contributed by atoms with Crippen molar-refractivity contribution >= 4 is 69.0 Å². The molecule has 2 heterocycles. The van der Waals surface area contributed by atoms with Crippen LogP contribution in [0.25, 0.3) is 10.9 Å². The highest BCUT2D eigenvalue weighted by Gasteiger charge is 2.47. The Morgan fingerprint density at radius 2 is 1.75 bits per heavy atom. The van der Waals surface area contributed by atoms with Crippen molar-refractivity contribution in [2.75, 3.05) is 6.61 Å². The van der Waals surface area contributed by atoms with E-state index in [-0.39, 0.29) is 49.7 Å². The van der Waals surface area contributed by atoms with Crippen LogP contribution in [0.2, 0.25) is 5.02 Å². The van der Waals surface area contributed by atoms with Crippen LogP contribution in [-0.4, -0.2) is 57.2 Å². The maximum absolute atomic E-state index is 14.8. The Morgan fingerprint density at radius 3 is 2.44 bits per heavy atom. The molecular formula is C37H44ClIN6O7. The molecule has 0 spiro atoms. The molecule has 0 fully saturated rings. The minimum absolute atomic E-state index is 0.0309. The number of aryl methyl sites for hydroxylation is 1. The number of hydrogen-bond acceptors (Lipinski definition) is 9. The summed E-state index contributed by atoms with van der Waals surface area (Å²) in [4.78, 5) is 58.0. The Hall–Kier alpha value is -4.18. The second-order valence-corrected chi connectivity index (χ2v) is 14.8. The third kappa shape index (κ3) is 8.71. The number of benzene rings is 2. The molecule has 15 heteroatoms. The summed E-state index contributed by atoms with van der Waals surface area (Å²) >= 11 is 8.73. The number of ether oxygens (including phenoxy) is 2. The molecule has 2 unspecified atom stereocenters. The minimum atomic E-state index is -1.47. The van der Waals surface area contributed by atoms with Crippen LogP contribution in [-0.2, 0) is 38.5 Å². The Morgan fingerprint density at radius 1 is 1.02 bits per heavy atom. The van der Waals surface area contributed by atoms with Gasteiger partial charge in [-0.25, -0.2) is 9.59 Å². The highest BCUT2D eigenvalue weighted by Crippen LogP contribution is 2.38. The number of rotatable bonds is 14. The fourth-order valence-corrected chi connectivity index (χ4v) is 7.50. The molecular weight excluding hydrogens is 803 g/mol. The average molecular weight is 847 g/mol. The molecule has 3 amide bonds. The molecule has 0 bridgehead atoms. The van der Waals surface area contributed by atoms with E-state index < -0.39 is 41.5 Å². The van der Waals surface area contributed by atoms with E-state index in [1.165, 1.54) is 0 Å². The first kappa shape index (κ1) is 39.0. The van der Waals surface area contributed by atoms with Crippen molar-refractivity contribution in [1.29, 1.82) is 0 Å². The predicted molar refractivity (Wildman–Crippen MR) is 203 cm³/mol. The van der Waals surface area contributed by atoms with E-state index in [0.29, 0.717) is 24.3 Å². The van der Waals surface area contributed by atoms with Crippen molar-refractivity contribution < 1.29 is 33.1 Å². The average Bonchev–Trinajstić information content (AvgIpc) is 3.77. The lowest BCUT2D eigenvalue weighted by molar-refractivity contribution is -0.136. The maximum atomic E-state index is 14.8. The van der Waals surface area contributed by atoms with Crippen LogP contribution in [0.15, 0.2) is 46.9 Å². The Balaban J connectivity index is 1.48. The molecule has 1 aliphatic rings. The van der Waals surface area contributed by atoms with Gasteiger partial charge in [-0.3, -0.25) is 9.59 Å². The van der Waals surface area contributed by atoms with Crippen molar-refractivity contribution in [3.8, 4) is 0 Å². The smallest absolute Gasteiger partial charge is 0.408 e. The van der Waals surface area contributed by atoms with Crippen LogP contribution in [0, 0.1) is 15.4 Å². The molecule has 1 aliphatic carbocycles. The number of amides is 3. The van der Waals surface area contributed by atoms with Crippen LogP contribution in [0.3, 0.4) is 0 Å². The molecule has 5 rings (SSSR count). The van der Waals surface area contributed by atoms with Gasteiger partial charge in [-0.15, -0.1) is 10.2 Å². The molecule has 0 radical (unpaired) electrons. The van der Waals surface area contributed by atoms with Gasteiger partial charge < -0.3 is 34.8 Å². The zero-order chi connectivity index (χ0) is 37.6. The van der Waals surface area contributed by atoms with Crippen molar-refractivity contribution in [1.82, 2.24) is 31.1 Å².